The van der Waals surface area contributed by atoms with Gasteiger partial charge in [-0.05, 0) is 6.92 Å². The Morgan fingerprint density at radius 3 is 3.00 bits per heavy atom. The van der Waals surface area contributed by atoms with Crippen molar-refractivity contribution >= 4 is 5.91 Å². The van der Waals surface area contributed by atoms with Gasteiger partial charge < -0.3 is 10.1 Å². The van der Waals surface area contributed by atoms with Gasteiger partial charge in [-0.1, -0.05) is 0 Å². The smallest absolute Gasteiger partial charge is 0.261 e. The molecule has 1 N–H and O–H groups in total. The number of carbonyl (C=O) groups excluding carboxylic acids is 1. The molecule has 1 atom stereocenters. The second-order valence-corrected chi connectivity index (χ2v) is 3.43. The summed E-state index contributed by atoms with van der Waals surface area (Å²) in [5.41, 5.74) is 0.890. The number of nitrogens with one attached hydrogen (secondary N) is 1. The zero-order valence-electron chi connectivity index (χ0n) is 8.28. The Labute approximate surface area is 82.0 Å². The number of amides is 1. The Balaban J connectivity index is 2.10. The third kappa shape index (κ3) is 1.57. The van der Waals surface area contributed by atoms with Crippen LogP contribution in [-0.2, 0) is 11.8 Å². The van der Waals surface area contributed by atoms with Gasteiger partial charge in [0.1, 0.15) is 0 Å². The van der Waals surface area contributed by atoms with Crippen LogP contribution in [0.4, 0.5) is 0 Å². The molecule has 0 aromatic carbocycles. The van der Waals surface area contributed by atoms with Gasteiger partial charge in [0.2, 0.25) is 5.88 Å². The molecule has 2 rings (SSSR count). The van der Waals surface area contributed by atoms with E-state index in [0.717, 1.165) is 12.1 Å². The summed E-state index contributed by atoms with van der Waals surface area (Å²) in [7, 11) is 1.80. The van der Waals surface area contributed by atoms with Crippen molar-refractivity contribution in [2.75, 3.05) is 6.54 Å². The van der Waals surface area contributed by atoms with Crippen LogP contribution in [0.1, 0.15) is 12.1 Å². The predicted octanol–water partition coefficient (Wildman–Crippen LogP) is -0.00418. The lowest BCUT2D eigenvalue weighted by Gasteiger charge is -2.09. The maximum Gasteiger partial charge on any atom is 0.261 e. The van der Waals surface area contributed by atoms with E-state index in [2.05, 4.69) is 10.4 Å². The zero-order chi connectivity index (χ0) is 10.1. The van der Waals surface area contributed by atoms with E-state index in [1.54, 1.807) is 11.7 Å². The molecule has 1 fully saturated rings. The minimum atomic E-state index is -0.357. The molecule has 0 aliphatic carbocycles. The number of nitrogens with zero attached hydrogens (tertiary/aromatic N) is 2. The highest BCUT2D eigenvalue weighted by Crippen LogP contribution is 2.15. The number of hydrogen-bond donors (Lipinski definition) is 1. The third-order valence-electron chi connectivity index (χ3n) is 2.22. The number of rotatable bonds is 2. The lowest BCUT2D eigenvalue weighted by atomic mass is 10.3. The highest BCUT2D eigenvalue weighted by atomic mass is 16.5. The first kappa shape index (κ1) is 9.05. The van der Waals surface area contributed by atoms with Crippen molar-refractivity contribution in [1.29, 1.82) is 0 Å². The average molecular weight is 195 g/mol. The molecule has 76 valence electrons. The maximum absolute atomic E-state index is 11.2. The standard InChI is InChI=1S/C9H13N3O2/c1-6-5-8(12(2)11-6)14-7-3-4-10-9(7)13/h5,7H,3-4H2,1-2H3,(H,10,13)/t7-/m1/s1. The highest BCUT2D eigenvalue weighted by molar-refractivity contribution is 5.83. The predicted molar refractivity (Wildman–Crippen MR) is 50.0 cm³/mol. The number of ether oxygens (including phenoxy) is 1. The molecule has 0 bridgehead atoms. The van der Waals surface area contributed by atoms with Gasteiger partial charge in [-0.2, -0.15) is 5.10 Å². The van der Waals surface area contributed by atoms with Crippen molar-refractivity contribution in [3.05, 3.63) is 11.8 Å². The van der Waals surface area contributed by atoms with Crippen LogP contribution in [0.25, 0.3) is 0 Å². The van der Waals surface area contributed by atoms with Crippen LogP contribution >= 0.6 is 0 Å². The van der Waals surface area contributed by atoms with Crippen molar-refractivity contribution in [2.45, 2.75) is 19.4 Å². The summed E-state index contributed by atoms with van der Waals surface area (Å²) in [6.07, 6.45) is 0.369. The molecule has 5 nitrogen and oxygen atoms in total. The number of hydrogen-bond acceptors (Lipinski definition) is 3. The molecule has 14 heavy (non-hydrogen) atoms. The van der Waals surface area contributed by atoms with Crippen LogP contribution in [0.15, 0.2) is 6.07 Å². The van der Waals surface area contributed by atoms with E-state index in [4.69, 9.17) is 4.74 Å². The van der Waals surface area contributed by atoms with Gasteiger partial charge in [0.15, 0.2) is 6.10 Å². The molecule has 1 saturated heterocycles. The van der Waals surface area contributed by atoms with Crippen molar-refractivity contribution in [1.82, 2.24) is 15.1 Å². The molecule has 1 aromatic rings. The van der Waals surface area contributed by atoms with E-state index in [-0.39, 0.29) is 12.0 Å². The van der Waals surface area contributed by atoms with Crippen molar-refractivity contribution in [3.8, 4) is 5.88 Å². The Morgan fingerprint density at radius 2 is 2.50 bits per heavy atom. The Morgan fingerprint density at radius 1 is 1.71 bits per heavy atom. The summed E-state index contributed by atoms with van der Waals surface area (Å²) in [4.78, 5) is 11.2. The van der Waals surface area contributed by atoms with Crippen LogP contribution in [0, 0.1) is 6.92 Å². The molecular formula is C9H13N3O2. The second-order valence-electron chi connectivity index (χ2n) is 3.43. The Bertz CT molecular complexity index is 359. The average Bonchev–Trinajstić information content (AvgIpc) is 2.62. The van der Waals surface area contributed by atoms with Crippen molar-refractivity contribution < 1.29 is 9.53 Å². The van der Waals surface area contributed by atoms with E-state index in [1.807, 2.05) is 13.0 Å². The number of carbonyl (C=O) groups is 1. The Hall–Kier alpha value is -1.52. The molecule has 1 aromatic heterocycles. The maximum atomic E-state index is 11.2. The van der Waals surface area contributed by atoms with E-state index >= 15 is 0 Å². The summed E-state index contributed by atoms with van der Waals surface area (Å²) in [5.74, 6) is 0.605. The summed E-state index contributed by atoms with van der Waals surface area (Å²) in [6, 6.07) is 1.82. The normalized spacial score (nSPS) is 21.0. The fourth-order valence-corrected chi connectivity index (χ4v) is 1.53. The fourth-order valence-electron chi connectivity index (χ4n) is 1.53. The molecule has 0 radical (unpaired) electrons. The van der Waals surface area contributed by atoms with E-state index in [0.29, 0.717) is 12.4 Å². The summed E-state index contributed by atoms with van der Waals surface area (Å²) < 4.78 is 7.17. The van der Waals surface area contributed by atoms with Gasteiger partial charge in [-0.25, -0.2) is 4.68 Å². The second kappa shape index (κ2) is 3.32. The van der Waals surface area contributed by atoms with Crippen LogP contribution in [0.2, 0.25) is 0 Å². The summed E-state index contributed by atoms with van der Waals surface area (Å²) in [6.45, 7) is 2.59. The Kier molecular flexibility index (Phi) is 2.15. The zero-order valence-corrected chi connectivity index (χ0v) is 8.28. The molecule has 0 saturated carbocycles. The van der Waals surface area contributed by atoms with Crippen LogP contribution in [-0.4, -0.2) is 28.3 Å². The minimum absolute atomic E-state index is 0.0381. The van der Waals surface area contributed by atoms with E-state index in [9.17, 15) is 4.79 Å². The summed E-state index contributed by atoms with van der Waals surface area (Å²) >= 11 is 0. The quantitative estimate of drug-likeness (QED) is 0.722. The lowest BCUT2D eigenvalue weighted by molar-refractivity contribution is -0.125. The van der Waals surface area contributed by atoms with E-state index in [1.165, 1.54) is 0 Å². The highest BCUT2D eigenvalue weighted by Gasteiger charge is 2.26. The number of aryl methyl sites for hydroxylation is 2. The van der Waals surface area contributed by atoms with Gasteiger partial charge >= 0.3 is 0 Å². The van der Waals surface area contributed by atoms with Gasteiger partial charge in [0.25, 0.3) is 5.91 Å². The molecular weight excluding hydrogens is 182 g/mol. The molecule has 1 amide bonds. The van der Waals surface area contributed by atoms with Crippen molar-refractivity contribution in [2.24, 2.45) is 7.05 Å². The monoisotopic (exact) mass is 195 g/mol. The van der Waals surface area contributed by atoms with Crippen LogP contribution in [0.5, 0.6) is 5.88 Å². The lowest BCUT2D eigenvalue weighted by Crippen LogP contribution is -2.28. The number of aromatic nitrogens is 2. The minimum Gasteiger partial charge on any atom is -0.464 e. The molecule has 0 spiro atoms. The van der Waals surface area contributed by atoms with Gasteiger partial charge in [0, 0.05) is 26.1 Å². The fraction of sp³-hybridized carbons (Fsp3) is 0.556. The summed E-state index contributed by atoms with van der Waals surface area (Å²) in [5, 5.41) is 6.86. The van der Waals surface area contributed by atoms with Gasteiger partial charge in [-0.15, -0.1) is 0 Å². The van der Waals surface area contributed by atoms with Gasteiger partial charge in [-0.3, -0.25) is 4.79 Å². The van der Waals surface area contributed by atoms with E-state index < -0.39 is 0 Å². The molecule has 1 aliphatic rings. The first-order valence-electron chi connectivity index (χ1n) is 4.62. The third-order valence-corrected chi connectivity index (χ3v) is 2.22. The van der Waals surface area contributed by atoms with Crippen LogP contribution in [0.3, 0.4) is 0 Å². The first-order valence-corrected chi connectivity index (χ1v) is 4.62. The topological polar surface area (TPSA) is 56.1 Å². The molecule has 5 heteroatoms. The molecule has 0 unspecified atom stereocenters. The first-order chi connectivity index (χ1) is 6.66. The van der Waals surface area contributed by atoms with Gasteiger partial charge in [0.05, 0.1) is 5.69 Å². The largest absolute Gasteiger partial charge is 0.464 e. The van der Waals surface area contributed by atoms with Crippen molar-refractivity contribution in [3.63, 3.8) is 0 Å². The molecule has 2 heterocycles. The van der Waals surface area contributed by atoms with Crippen LogP contribution < -0.4 is 10.1 Å². The SMILES string of the molecule is Cc1cc(O[C@@H]2CCNC2=O)n(C)n1. The molecule has 1 aliphatic heterocycles.